The number of hydrogen-bond acceptors (Lipinski definition) is 6. The summed E-state index contributed by atoms with van der Waals surface area (Å²) in [6.07, 6.45) is -6.83. The maximum atomic E-state index is 13.6. The van der Waals surface area contributed by atoms with E-state index >= 15 is 0 Å². The summed E-state index contributed by atoms with van der Waals surface area (Å²) < 4.78 is 81.3. The van der Waals surface area contributed by atoms with E-state index in [0.717, 1.165) is 6.07 Å². The van der Waals surface area contributed by atoms with Crippen LogP contribution in [0.15, 0.2) is 52.5 Å². The molecule has 5 rings (SSSR count). The number of thioether (sulfide) groups is 1. The fraction of sp³-hybridized carbons (Fsp3) is 0.379. The summed E-state index contributed by atoms with van der Waals surface area (Å²) >= 11 is 1.19. The van der Waals surface area contributed by atoms with E-state index in [1.807, 2.05) is 25.7 Å². The number of aromatic nitrogens is 2. The average molecular weight is 639 g/mol. The minimum atomic E-state index is -4.99. The molecule has 1 aromatic heterocycles. The number of carbonyl (C=O) groups is 2. The zero-order valence-corrected chi connectivity index (χ0v) is 24.6. The Bertz CT molecular complexity index is 1670. The Morgan fingerprint density at radius 1 is 1.09 bits per heavy atom. The third-order valence-corrected chi connectivity index (χ3v) is 7.94. The molecular weight excluding hydrogens is 610 g/mol. The number of fused-ring (bicyclic) bond motifs is 1. The molecule has 2 N–H and O–H groups in total. The van der Waals surface area contributed by atoms with Gasteiger partial charge in [0, 0.05) is 30.6 Å². The number of carbonyl (C=O) groups excluding carboxylic acids is 2. The van der Waals surface area contributed by atoms with Gasteiger partial charge in [-0.2, -0.15) is 36.4 Å². The minimum absolute atomic E-state index is 0.110. The maximum absolute atomic E-state index is 13.6. The topological polar surface area (TPSA) is 91.6 Å². The van der Waals surface area contributed by atoms with Crippen LogP contribution in [0.3, 0.4) is 0 Å². The Morgan fingerprint density at radius 3 is 2.52 bits per heavy atom. The lowest BCUT2D eigenvalue weighted by Crippen LogP contribution is -2.60. The van der Waals surface area contributed by atoms with Crippen LogP contribution in [-0.4, -0.2) is 62.9 Å². The van der Waals surface area contributed by atoms with Crippen LogP contribution >= 0.6 is 11.8 Å². The number of benzene rings is 2. The summed E-state index contributed by atoms with van der Waals surface area (Å²) in [6.45, 7) is 6.71. The van der Waals surface area contributed by atoms with Crippen LogP contribution in [0.2, 0.25) is 0 Å². The molecule has 15 heteroatoms. The molecule has 2 aromatic carbocycles. The molecule has 0 radical (unpaired) electrons. The number of amides is 2. The highest BCUT2D eigenvalue weighted by molar-refractivity contribution is 8.18. The zero-order chi connectivity index (χ0) is 32.0. The number of nitrogens with zero attached hydrogens (tertiary/aromatic N) is 4. The van der Waals surface area contributed by atoms with E-state index in [1.165, 1.54) is 22.6 Å². The lowest BCUT2D eigenvalue weighted by Gasteiger charge is -2.35. The molecule has 1 atom stereocenters. The Morgan fingerprint density at radius 2 is 1.84 bits per heavy atom. The molecule has 8 nitrogen and oxygen atoms in total. The predicted molar refractivity (Wildman–Crippen MR) is 155 cm³/mol. The third-order valence-electron chi connectivity index (χ3n) is 6.90. The number of halogens is 6. The van der Waals surface area contributed by atoms with Gasteiger partial charge in [-0.25, -0.2) is 0 Å². The highest BCUT2D eigenvalue weighted by atomic mass is 32.2. The van der Waals surface area contributed by atoms with Crippen LogP contribution in [-0.2, 0) is 28.5 Å². The number of aliphatic imine (C=N–C) groups is 1. The quantitative estimate of drug-likeness (QED) is 0.299. The van der Waals surface area contributed by atoms with Crippen molar-refractivity contribution in [2.24, 2.45) is 4.99 Å². The molecule has 2 amide bonds. The maximum Gasteiger partial charge on any atom is 0.416 e. The highest BCUT2D eigenvalue weighted by Gasteiger charge is 2.38. The van der Waals surface area contributed by atoms with Gasteiger partial charge < -0.3 is 15.5 Å². The second kappa shape index (κ2) is 11.6. The van der Waals surface area contributed by atoms with Gasteiger partial charge in [-0.15, -0.1) is 0 Å². The first kappa shape index (κ1) is 31.6. The summed E-state index contributed by atoms with van der Waals surface area (Å²) in [5.74, 6) is -0.577. The third kappa shape index (κ3) is 7.09. The Kier molecular flexibility index (Phi) is 8.31. The normalized spacial score (nSPS) is 19.2. The standard InChI is InChI=1S/C29H28F6N6O2S/c1-27(2,3)39-24(42)21-15-40(9-8-36-21)26-38-25(43)23(44-26)11-16-4-7-22-18(10-16)13-37-41(22)14-17-5-6-19(28(30,31)32)12-20(17)29(33,34)35/h4-7,10-13,21,36H,8-9,14-15H2,1-3H3,(H,39,42)/t21-/m0/s1. The van der Waals surface area contributed by atoms with Crippen LogP contribution in [0.25, 0.3) is 17.0 Å². The van der Waals surface area contributed by atoms with Gasteiger partial charge in [0.15, 0.2) is 5.17 Å². The van der Waals surface area contributed by atoms with Crippen molar-refractivity contribution < 1.29 is 35.9 Å². The largest absolute Gasteiger partial charge is 0.416 e. The Labute approximate surface area is 252 Å². The predicted octanol–water partition coefficient (Wildman–Crippen LogP) is 5.28. The summed E-state index contributed by atoms with van der Waals surface area (Å²) in [7, 11) is 0. The van der Waals surface area contributed by atoms with Crippen molar-refractivity contribution in [2.75, 3.05) is 19.6 Å². The number of rotatable bonds is 4. The van der Waals surface area contributed by atoms with Gasteiger partial charge in [0.1, 0.15) is 6.04 Å². The minimum Gasteiger partial charge on any atom is -0.350 e. The second-order valence-corrected chi connectivity index (χ2v) is 12.5. The molecule has 3 aromatic rings. The molecule has 1 saturated heterocycles. The van der Waals surface area contributed by atoms with E-state index in [-0.39, 0.29) is 17.5 Å². The molecule has 234 valence electrons. The summed E-state index contributed by atoms with van der Waals surface area (Å²) in [6, 6.07) is 6.06. The highest BCUT2D eigenvalue weighted by Crippen LogP contribution is 2.38. The molecule has 1 fully saturated rings. The van der Waals surface area contributed by atoms with Gasteiger partial charge >= 0.3 is 12.4 Å². The molecule has 2 aliphatic rings. The van der Waals surface area contributed by atoms with Crippen molar-refractivity contribution in [3.8, 4) is 0 Å². The van der Waals surface area contributed by atoms with Gasteiger partial charge in [-0.05, 0) is 74.0 Å². The number of alkyl halides is 6. The SMILES string of the molecule is CC(C)(C)NC(=O)[C@@H]1CN(C2=NC(=O)C(=Cc3ccc4c(cnn4Cc4ccc(C(F)(F)F)cc4C(F)(F)F)c3)S2)CCN1. The fourth-order valence-corrected chi connectivity index (χ4v) is 5.83. The van der Waals surface area contributed by atoms with Gasteiger partial charge in [0.25, 0.3) is 5.91 Å². The molecule has 2 aliphatic heterocycles. The lowest BCUT2D eigenvalue weighted by molar-refractivity contribution is -0.143. The number of hydrogen-bond donors (Lipinski definition) is 2. The molecule has 44 heavy (non-hydrogen) atoms. The first-order valence-electron chi connectivity index (χ1n) is 13.5. The van der Waals surface area contributed by atoms with Gasteiger partial charge in [0.05, 0.1) is 34.3 Å². The van der Waals surface area contributed by atoms with Crippen molar-refractivity contribution >= 4 is 45.7 Å². The van der Waals surface area contributed by atoms with E-state index in [1.54, 1.807) is 24.3 Å². The first-order valence-corrected chi connectivity index (χ1v) is 14.4. The van der Waals surface area contributed by atoms with Crippen molar-refractivity contribution in [3.05, 3.63) is 69.8 Å². The van der Waals surface area contributed by atoms with E-state index in [4.69, 9.17) is 0 Å². The van der Waals surface area contributed by atoms with Gasteiger partial charge in [-0.1, -0.05) is 12.1 Å². The molecule has 0 unspecified atom stereocenters. The van der Waals surface area contributed by atoms with Crippen LogP contribution in [0, 0.1) is 0 Å². The molecule has 0 spiro atoms. The van der Waals surface area contributed by atoms with Gasteiger partial charge in [-0.3, -0.25) is 14.3 Å². The zero-order valence-electron chi connectivity index (χ0n) is 23.8. The number of amidine groups is 1. The Hall–Kier alpha value is -3.85. The summed E-state index contributed by atoms with van der Waals surface area (Å²) in [5.41, 5.74) is -2.43. The van der Waals surface area contributed by atoms with E-state index in [9.17, 15) is 35.9 Å². The van der Waals surface area contributed by atoms with E-state index in [0.29, 0.717) is 52.2 Å². The van der Waals surface area contributed by atoms with Crippen LogP contribution < -0.4 is 10.6 Å². The van der Waals surface area contributed by atoms with Crippen LogP contribution in [0.1, 0.15) is 43.0 Å². The lowest BCUT2D eigenvalue weighted by atomic mass is 10.0. The molecule has 0 bridgehead atoms. The Balaban J connectivity index is 1.31. The monoisotopic (exact) mass is 638 g/mol. The average Bonchev–Trinajstić information content (AvgIpc) is 3.49. The molecule has 0 aliphatic carbocycles. The smallest absolute Gasteiger partial charge is 0.350 e. The van der Waals surface area contributed by atoms with Crippen LogP contribution in [0.4, 0.5) is 26.3 Å². The second-order valence-electron chi connectivity index (χ2n) is 11.5. The molecule has 0 saturated carbocycles. The van der Waals surface area contributed by atoms with Gasteiger partial charge in [0.2, 0.25) is 5.91 Å². The van der Waals surface area contributed by atoms with Crippen LogP contribution in [0.5, 0.6) is 0 Å². The van der Waals surface area contributed by atoms with Crippen molar-refractivity contribution in [2.45, 2.75) is 51.2 Å². The molecule has 3 heterocycles. The first-order chi connectivity index (χ1) is 20.5. The summed E-state index contributed by atoms with van der Waals surface area (Å²) in [4.78, 5) is 31.8. The fourth-order valence-electron chi connectivity index (χ4n) is 4.88. The summed E-state index contributed by atoms with van der Waals surface area (Å²) in [5, 5.41) is 11.3. The van der Waals surface area contributed by atoms with Crippen molar-refractivity contribution in [1.82, 2.24) is 25.3 Å². The van der Waals surface area contributed by atoms with E-state index in [2.05, 4.69) is 20.7 Å². The molecular formula is C29H28F6N6O2S. The van der Waals surface area contributed by atoms with Crippen molar-refractivity contribution in [1.29, 1.82) is 0 Å². The van der Waals surface area contributed by atoms with E-state index < -0.39 is 47.5 Å². The number of nitrogens with one attached hydrogen (secondary N) is 2. The van der Waals surface area contributed by atoms with Crippen molar-refractivity contribution in [3.63, 3.8) is 0 Å². The number of piperazine rings is 1.